The fourth-order valence-corrected chi connectivity index (χ4v) is 2.88. The summed E-state index contributed by atoms with van der Waals surface area (Å²) in [5.41, 5.74) is 3.02. The highest BCUT2D eigenvalue weighted by molar-refractivity contribution is 5.96. The van der Waals surface area contributed by atoms with Crippen molar-refractivity contribution in [2.24, 2.45) is 0 Å². The number of anilines is 1. The highest BCUT2D eigenvalue weighted by Gasteiger charge is 2.24. The molecule has 1 saturated carbocycles. The van der Waals surface area contributed by atoms with E-state index in [1.54, 1.807) is 6.20 Å². The lowest BCUT2D eigenvalue weighted by Gasteiger charge is -2.25. The van der Waals surface area contributed by atoms with Gasteiger partial charge in [-0.05, 0) is 69.9 Å². The van der Waals surface area contributed by atoms with Crippen molar-refractivity contribution in [1.29, 1.82) is 0 Å². The van der Waals surface area contributed by atoms with Crippen LogP contribution in [0.25, 0.3) is 11.1 Å². The van der Waals surface area contributed by atoms with Crippen LogP contribution in [0.1, 0.15) is 49.5 Å². The molecule has 3 rings (SSSR count). The fourth-order valence-electron chi connectivity index (χ4n) is 2.88. The third kappa shape index (κ3) is 4.81. The first-order chi connectivity index (χ1) is 13.3. The van der Waals surface area contributed by atoms with Gasteiger partial charge in [-0.25, -0.2) is 4.98 Å². The quantitative estimate of drug-likeness (QED) is 0.649. The van der Waals surface area contributed by atoms with E-state index in [1.165, 1.54) is 0 Å². The first-order valence-electron chi connectivity index (χ1n) is 9.76. The maximum atomic E-state index is 12.4. The first kappa shape index (κ1) is 20.1. The number of aryl methyl sites for hydroxylation is 1. The number of carbonyl (C=O) groups excluding carboxylic acids is 1. The third-order valence-corrected chi connectivity index (χ3v) is 4.73. The average molecular weight is 383 g/mol. The number of nitrogens with one attached hydrogen (secondary N) is 2. The number of hydrogen-bond donors (Lipinski definition) is 3. The van der Waals surface area contributed by atoms with E-state index in [1.807, 2.05) is 52.0 Å². The summed E-state index contributed by atoms with van der Waals surface area (Å²) < 4.78 is 5.78. The Balaban J connectivity index is 1.93. The van der Waals surface area contributed by atoms with E-state index in [2.05, 4.69) is 15.6 Å². The third-order valence-electron chi connectivity index (χ3n) is 4.73. The Kier molecular flexibility index (Phi) is 5.89. The number of ether oxygens (including phenoxy) is 1. The molecule has 1 fully saturated rings. The van der Waals surface area contributed by atoms with Crippen LogP contribution in [-0.4, -0.2) is 40.8 Å². The molecule has 3 N–H and O–H groups in total. The maximum absolute atomic E-state index is 12.4. The van der Waals surface area contributed by atoms with Crippen LogP contribution in [0.15, 0.2) is 30.5 Å². The minimum atomic E-state index is -0.517. The summed E-state index contributed by atoms with van der Waals surface area (Å²) in [6.07, 6.45) is 3.89. The monoisotopic (exact) mass is 383 g/mol. The van der Waals surface area contributed by atoms with Crippen molar-refractivity contribution in [3.8, 4) is 16.9 Å². The maximum Gasteiger partial charge on any atom is 0.251 e. The lowest BCUT2D eigenvalue weighted by molar-refractivity contribution is 0.0951. The molecule has 28 heavy (non-hydrogen) atoms. The highest BCUT2D eigenvalue weighted by Crippen LogP contribution is 2.32. The summed E-state index contributed by atoms with van der Waals surface area (Å²) >= 11 is 0. The van der Waals surface area contributed by atoms with Gasteiger partial charge in [0.25, 0.3) is 5.91 Å². The molecule has 1 aliphatic carbocycles. The van der Waals surface area contributed by atoms with Gasteiger partial charge in [0.1, 0.15) is 0 Å². The van der Waals surface area contributed by atoms with Crippen molar-refractivity contribution in [3.63, 3.8) is 0 Å². The van der Waals surface area contributed by atoms with Crippen LogP contribution in [0.4, 0.5) is 5.82 Å². The highest BCUT2D eigenvalue weighted by atomic mass is 16.5. The molecule has 0 aliphatic heterocycles. The normalized spacial score (nSPS) is 13.9. The van der Waals surface area contributed by atoms with Gasteiger partial charge in [-0.3, -0.25) is 4.79 Å². The van der Waals surface area contributed by atoms with Gasteiger partial charge in [-0.2, -0.15) is 0 Å². The number of aliphatic hydroxyl groups excluding tert-OH is 1. The van der Waals surface area contributed by atoms with Gasteiger partial charge in [0, 0.05) is 23.4 Å². The van der Waals surface area contributed by atoms with Gasteiger partial charge in [0.05, 0.1) is 18.8 Å². The molecule has 0 radical (unpaired) electrons. The van der Waals surface area contributed by atoms with Gasteiger partial charge < -0.3 is 20.5 Å². The van der Waals surface area contributed by atoms with E-state index >= 15 is 0 Å². The fraction of sp³-hybridized carbons (Fsp3) is 0.455. The summed E-state index contributed by atoms with van der Waals surface area (Å²) in [7, 11) is 0. The van der Waals surface area contributed by atoms with E-state index < -0.39 is 5.54 Å². The van der Waals surface area contributed by atoms with Crippen molar-refractivity contribution in [3.05, 3.63) is 41.6 Å². The van der Waals surface area contributed by atoms with Gasteiger partial charge in [-0.15, -0.1) is 0 Å². The average Bonchev–Trinajstić information content (AvgIpc) is 3.47. The summed E-state index contributed by atoms with van der Waals surface area (Å²) in [5.74, 6) is 1.17. The van der Waals surface area contributed by atoms with Crippen molar-refractivity contribution >= 4 is 11.7 Å². The molecule has 1 aliphatic rings. The van der Waals surface area contributed by atoms with Crippen molar-refractivity contribution in [1.82, 2.24) is 10.3 Å². The molecule has 2 aromatic rings. The molecule has 150 valence electrons. The zero-order valence-corrected chi connectivity index (χ0v) is 17.0. The number of aromatic nitrogens is 1. The van der Waals surface area contributed by atoms with Gasteiger partial charge in [-0.1, -0.05) is 6.07 Å². The van der Waals surface area contributed by atoms with Crippen LogP contribution >= 0.6 is 0 Å². The molecule has 1 aromatic carbocycles. The summed E-state index contributed by atoms with van der Waals surface area (Å²) in [4.78, 5) is 17.0. The predicted octanol–water partition coefficient (Wildman–Crippen LogP) is 3.53. The Labute approximate surface area is 166 Å². The number of aliphatic hydroxyl groups is 1. The van der Waals surface area contributed by atoms with Gasteiger partial charge in [0.2, 0.25) is 0 Å². The molecule has 0 atom stereocenters. The zero-order valence-electron chi connectivity index (χ0n) is 17.0. The molecular weight excluding hydrogens is 354 g/mol. The number of benzene rings is 1. The smallest absolute Gasteiger partial charge is 0.251 e. The minimum absolute atomic E-state index is 0.0285. The zero-order chi connectivity index (χ0) is 20.3. The number of pyridine rings is 1. The van der Waals surface area contributed by atoms with E-state index in [9.17, 15) is 9.90 Å². The Bertz CT molecular complexity index is 860. The van der Waals surface area contributed by atoms with Crippen LogP contribution in [0.2, 0.25) is 0 Å². The first-order valence-corrected chi connectivity index (χ1v) is 9.76. The molecule has 0 unspecified atom stereocenters. The number of rotatable bonds is 8. The molecule has 1 amide bonds. The van der Waals surface area contributed by atoms with Crippen LogP contribution < -0.4 is 15.4 Å². The standard InChI is InChI=1S/C22H29N3O3/c1-5-28-19-11-16(12-23-20(19)25-22(3,4)13-26)18-10-15(7-6-14(18)2)21(27)24-17-8-9-17/h6-7,10-12,17,26H,5,8-9,13H2,1-4H3,(H,23,25)(H,24,27). The van der Waals surface area contributed by atoms with Crippen LogP contribution in [0, 0.1) is 6.92 Å². The molecule has 1 heterocycles. The predicted molar refractivity (Wildman–Crippen MR) is 111 cm³/mol. The molecule has 6 nitrogen and oxygen atoms in total. The van der Waals surface area contributed by atoms with E-state index in [0.717, 1.165) is 29.5 Å². The number of carbonyl (C=O) groups is 1. The van der Waals surface area contributed by atoms with Gasteiger partial charge >= 0.3 is 0 Å². The lowest BCUT2D eigenvalue weighted by atomic mass is 9.98. The topological polar surface area (TPSA) is 83.5 Å². The molecule has 1 aromatic heterocycles. The van der Waals surface area contributed by atoms with E-state index in [-0.39, 0.29) is 12.5 Å². The van der Waals surface area contributed by atoms with Crippen LogP contribution in [-0.2, 0) is 0 Å². The molecular formula is C22H29N3O3. The van der Waals surface area contributed by atoms with Crippen LogP contribution in [0.3, 0.4) is 0 Å². The van der Waals surface area contributed by atoms with Crippen molar-refractivity contribution in [2.45, 2.75) is 52.1 Å². The summed E-state index contributed by atoms with van der Waals surface area (Å²) in [5, 5.41) is 15.8. The number of amides is 1. The molecule has 0 saturated heterocycles. The second-order valence-corrected chi connectivity index (χ2v) is 7.95. The van der Waals surface area contributed by atoms with E-state index in [0.29, 0.717) is 29.8 Å². The molecule has 6 heteroatoms. The minimum Gasteiger partial charge on any atom is -0.490 e. The Morgan fingerprint density at radius 3 is 2.71 bits per heavy atom. The van der Waals surface area contributed by atoms with Crippen molar-refractivity contribution in [2.75, 3.05) is 18.5 Å². The largest absolute Gasteiger partial charge is 0.490 e. The Hall–Kier alpha value is -2.60. The van der Waals surface area contributed by atoms with Gasteiger partial charge in [0.15, 0.2) is 11.6 Å². The lowest BCUT2D eigenvalue weighted by Crippen LogP contribution is -2.35. The summed E-state index contributed by atoms with van der Waals surface area (Å²) in [6, 6.07) is 7.97. The van der Waals surface area contributed by atoms with E-state index in [4.69, 9.17) is 4.74 Å². The second kappa shape index (κ2) is 8.19. The SMILES string of the molecule is CCOc1cc(-c2cc(C(=O)NC3CC3)ccc2C)cnc1NC(C)(C)CO. The summed E-state index contributed by atoms with van der Waals surface area (Å²) in [6.45, 7) is 8.19. The number of nitrogens with zero attached hydrogens (tertiary/aromatic N) is 1. The molecule has 0 bridgehead atoms. The molecule has 0 spiro atoms. The Morgan fingerprint density at radius 1 is 1.32 bits per heavy atom. The Morgan fingerprint density at radius 2 is 2.07 bits per heavy atom. The van der Waals surface area contributed by atoms with Crippen molar-refractivity contribution < 1.29 is 14.6 Å². The van der Waals surface area contributed by atoms with Crippen LogP contribution in [0.5, 0.6) is 5.75 Å². The second-order valence-electron chi connectivity index (χ2n) is 7.95. The number of hydrogen-bond acceptors (Lipinski definition) is 5.